The summed E-state index contributed by atoms with van der Waals surface area (Å²) in [5, 5.41) is 4.11. The van der Waals surface area contributed by atoms with Crippen molar-refractivity contribution >= 4 is 43.1 Å². The van der Waals surface area contributed by atoms with Crippen molar-refractivity contribution in [1.82, 2.24) is 15.0 Å². The van der Waals surface area contributed by atoms with Crippen molar-refractivity contribution in [3.8, 4) is 11.3 Å². The van der Waals surface area contributed by atoms with Gasteiger partial charge in [0.15, 0.2) is 0 Å². The lowest BCUT2D eigenvalue weighted by Crippen LogP contribution is -1.86. The number of aromatic nitrogens is 3. The van der Waals surface area contributed by atoms with Gasteiger partial charge in [-0.1, -0.05) is 0 Å². The van der Waals surface area contributed by atoms with Crippen LogP contribution in [0.3, 0.4) is 0 Å². The van der Waals surface area contributed by atoms with Crippen molar-refractivity contribution < 1.29 is 0 Å². The SMILES string of the molecule is c1cc(-c2ncnc3ccsc23)c2sccc2n1. The average Bonchev–Trinajstić information content (AvgIpc) is 3.06. The Morgan fingerprint density at radius 3 is 2.44 bits per heavy atom. The summed E-state index contributed by atoms with van der Waals surface area (Å²) in [5.74, 6) is 0. The molecule has 0 aliphatic heterocycles. The number of fused-ring (bicyclic) bond motifs is 2. The summed E-state index contributed by atoms with van der Waals surface area (Å²) in [6.07, 6.45) is 3.47. The summed E-state index contributed by atoms with van der Waals surface area (Å²) in [4.78, 5) is 13.1. The van der Waals surface area contributed by atoms with Gasteiger partial charge >= 0.3 is 0 Å². The van der Waals surface area contributed by atoms with Crippen molar-refractivity contribution in [3.05, 3.63) is 41.5 Å². The molecule has 0 saturated heterocycles. The third-order valence-corrected chi connectivity index (χ3v) is 4.69. The lowest BCUT2D eigenvalue weighted by molar-refractivity contribution is 1.23. The van der Waals surface area contributed by atoms with E-state index in [9.17, 15) is 0 Å². The highest BCUT2D eigenvalue weighted by Gasteiger charge is 2.11. The van der Waals surface area contributed by atoms with Gasteiger partial charge in [-0.15, -0.1) is 22.7 Å². The van der Waals surface area contributed by atoms with Gasteiger partial charge in [-0.2, -0.15) is 0 Å². The molecule has 0 unspecified atom stereocenters. The molecule has 4 rings (SSSR count). The third-order valence-electron chi connectivity index (χ3n) is 2.84. The number of thiophene rings is 2. The Labute approximate surface area is 111 Å². The molecule has 0 saturated carbocycles. The first-order valence-corrected chi connectivity index (χ1v) is 7.20. The van der Waals surface area contributed by atoms with Gasteiger partial charge in [0.25, 0.3) is 0 Å². The van der Waals surface area contributed by atoms with Gasteiger partial charge in [0.2, 0.25) is 0 Å². The van der Waals surface area contributed by atoms with Gasteiger partial charge in [-0.05, 0) is 29.0 Å². The van der Waals surface area contributed by atoms with Crippen molar-refractivity contribution in [3.63, 3.8) is 0 Å². The first kappa shape index (κ1) is 10.1. The van der Waals surface area contributed by atoms with E-state index in [1.165, 1.54) is 4.70 Å². The Balaban J connectivity index is 2.13. The summed E-state index contributed by atoms with van der Waals surface area (Å²) in [6.45, 7) is 0. The lowest BCUT2D eigenvalue weighted by atomic mass is 10.1. The fourth-order valence-corrected chi connectivity index (χ4v) is 3.76. The predicted molar refractivity (Wildman–Crippen MR) is 76.0 cm³/mol. The van der Waals surface area contributed by atoms with Gasteiger partial charge in [0, 0.05) is 11.8 Å². The molecule has 3 nitrogen and oxygen atoms in total. The van der Waals surface area contributed by atoms with E-state index in [2.05, 4.69) is 25.7 Å². The number of rotatable bonds is 1. The van der Waals surface area contributed by atoms with Crippen molar-refractivity contribution in [1.29, 1.82) is 0 Å². The van der Waals surface area contributed by atoms with Crippen LogP contribution in [0.4, 0.5) is 0 Å². The molecule has 5 heteroatoms. The van der Waals surface area contributed by atoms with E-state index in [1.807, 2.05) is 24.4 Å². The largest absolute Gasteiger partial charge is 0.255 e. The van der Waals surface area contributed by atoms with E-state index in [0.29, 0.717) is 0 Å². The van der Waals surface area contributed by atoms with Crippen LogP contribution in [0, 0.1) is 0 Å². The minimum atomic E-state index is 1.00. The first-order chi connectivity index (χ1) is 8.93. The summed E-state index contributed by atoms with van der Waals surface area (Å²) in [5.41, 5.74) is 4.18. The standard InChI is InChI=1S/C13H7N3S2/c1-4-14-9-2-5-17-12(9)8(1)11-13-10(3-6-18-13)15-7-16-11/h1-7H. The Morgan fingerprint density at radius 1 is 0.778 bits per heavy atom. The number of hydrogen-bond acceptors (Lipinski definition) is 5. The zero-order valence-corrected chi connectivity index (χ0v) is 10.8. The summed E-state index contributed by atoms with van der Waals surface area (Å²) >= 11 is 3.38. The monoisotopic (exact) mass is 269 g/mol. The number of nitrogens with zero attached hydrogens (tertiary/aromatic N) is 3. The molecule has 0 spiro atoms. The van der Waals surface area contributed by atoms with Gasteiger partial charge in [-0.25, -0.2) is 9.97 Å². The molecule has 0 N–H and O–H groups in total. The third kappa shape index (κ3) is 1.38. The molecular weight excluding hydrogens is 262 g/mol. The maximum Gasteiger partial charge on any atom is 0.116 e. The van der Waals surface area contributed by atoms with Crippen LogP contribution in [0.15, 0.2) is 41.5 Å². The van der Waals surface area contributed by atoms with Gasteiger partial charge in [0.1, 0.15) is 6.33 Å². The fraction of sp³-hybridized carbons (Fsp3) is 0. The van der Waals surface area contributed by atoms with Crippen LogP contribution in [0.2, 0.25) is 0 Å². The van der Waals surface area contributed by atoms with Crippen LogP contribution in [0.5, 0.6) is 0 Å². The molecule has 0 atom stereocenters. The zero-order chi connectivity index (χ0) is 11.9. The van der Waals surface area contributed by atoms with Crippen LogP contribution >= 0.6 is 22.7 Å². The second-order valence-corrected chi connectivity index (χ2v) is 5.68. The highest BCUT2D eigenvalue weighted by molar-refractivity contribution is 7.18. The van der Waals surface area contributed by atoms with E-state index in [1.54, 1.807) is 29.0 Å². The smallest absolute Gasteiger partial charge is 0.116 e. The van der Waals surface area contributed by atoms with Crippen LogP contribution < -0.4 is 0 Å². The fourth-order valence-electron chi connectivity index (χ4n) is 2.04. The first-order valence-electron chi connectivity index (χ1n) is 5.44. The van der Waals surface area contributed by atoms with Crippen LogP contribution in [0.25, 0.3) is 31.7 Å². The van der Waals surface area contributed by atoms with Crippen LogP contribution in [-0.2, 0) is 0 Å². The molecule has 4 aromatic rings. The summed E-state index contributed by atoms with van der Waals surface area (Å²) in [6, 6.07) is 6.09. The molecule has 0 bridgehead atoms. The van der Waals surface area contributed by atoms with E-state index < -0.39 is 0 Å². The van der Waals surface area contributed by atoms with E-state index in [0.717, 1.165) is 27.0 Å². The molecule has 0 fully saturated rings. The second-order valence-electron chi connectivity index (χ2n) is 3.85. The molecule has 0 aliphatic rings. The molecule has 4 heterocycles. The number of pyridine rings is 1. The zero-order valence-electron chi connectivity index (χ0n) is 9.20. The molecule has 0 radical (unpaired) electrons. The van der Waals surface area contributed by atoms with Crippen molar-refractivity contribution in [2.24, 2.45) is 0 Å². The minimum absolute atomic E-state index is 1.00. The Kier molecular flexibility index (Phi) is 2.15. The second kappa shape index (κ2) is 3.83. The summed E-state index contributed by atoms with van der Waals surface area (Å²) in [7, 11) is 0. The maximum atomic E-state index is 4.46. The van der Waals surface area contributed by atoms with E-state index in [-0.39, 0.29) is 0 Å². The van der Waals surface area contributed by atoms with Gasteiger partial charge in [-0.3, -0.25) is 4.98 Å². The Bertz CT molecular complexity index is 775. The Hall–Kier alpha value is -1.85. The quantitative estimate of drug-likeness (QED) is 0.525. The van der Waals surface area contributed by atoms with Crippen LogP contribution in [-0.4, -0.2) is 15.0 Å². The average molecular weight is 269 g/mol. The molecule has 0 amide bonds. The van der Waals surface area contributed by atoms with Gasteiger partial charge in [0.05, 0.1) is 26.1 Å². The van der Waals surface area contributed by atoms with Crippen molar-refractivity contribution in [2.45, 2.75) is 0 Å². The van der Waals surface area contributed by atoms with Crippen LogP contribution in [0.1, 0.15) is 0 Å². The highest BCUT2D eigenvalue weighted by Crippen LogP contribution is 2.35. The minimum Gasteiger partial charge on any atom is -0.255 e. The molecule has 4 aromatic heterocycles. The topological polar surface area (TPSA) is 38.7 Å². The molecular formula is C13H7N3S2. The normalized spacial score (nSPS) is 11.3. The molecule has 86 valence electrons. The lowest BCUT2D eigenvalue weighted by Gasteiger charge is -2.02. The van der Waals surface area contributed by atoms with E-state index in [4.69, 9.17) is 0 Å². The Morgan fingerprint density at radius 2 is 1.56 bits per heavy atom. The van der Waals surface area contributed by atoms with Crippen molar-refractivity contribution in [2.75, 3.05) is 0 Å². The molecule has 18 heavy (non-hydrogen) atoms. The van der Waals surface area contributed by atoms with E-state index >= 15 is 0 Å². The predicted octanol–water partition coefficient (Wildman–Crippen LogP) is 3.97. The number of hydrogen-bond donors (Lipinski definition) is 0. The molecule has 0 aromatic carbocycles. The molecule has 0 aliphatic carbocycles. The van der Waals surface area contributed by atoms with Gasteiger partial charge < -0.3 is 0 Å². The summed E-state index contributed by atoms with van der Waals surface area (Å²) < 4.78 is 2.32. The highest BCUT2D eigenvalue weighted by atomic mass is 32.1. The maximum absolute atomic E-state index is 4.46.